The van der Waals surface area contributed by atoms with E-state index in [0.29, 0.717) is 5.82 Å². The standard InChI is InChI=1S/C6H9F2N5/c1-3-11-5(9)13-6(12-3)10-2-4(7)8/h4H,2H2,1H3,(H3,9,10,11,12,13). The van der Waals surface area contributed by atoms with Crippen molar-refractivity contribution in [1.29, 1.82) is 0 Å². The van der Waals surface area contributed by atoms with E-state index in [1.807, 2.05) is 0 Å². The number of nitrogen functional groups attached to an aromatic ring is 1. The molecule has 7 heteroatoms. The first kappa shape index (κ1) is 9.56. The molecule has 72 valence electrons. The summed E-state index contributed by atoms with van der Waals surface area (Å²) in [5.74, 6) is 0.485. The molecule has 0 saturated heterocycles. The van der Waals surface area contributed by atoms with Gasteiger partial charge in [0.25, 0.3) is 6.43 Å². The molecule has 0 radical (unpaired) electrons. The second-order valence-electron chi connectivity index (χ2n) is 2.34. The summed E-state index contributed by atoms with van der Waals surface area (Å²) in [6.45, 7) is 1.11. The van der Waals surface area contributed by atoms with Crippen molar-refractivity contribution >= 4 is 11.9 Å². The van der Waals surface area contributed by atoms with Crippen LogP contribution in [0.15, 0.2) is 0 Å². The number of halogens is 2. The van der Waals surface area contributed by atoms with Gasteiger partial charge in [0.05, 0.1) is 6.54 Å². The van der Waals surface area contributed by atoms with Crippen molar-refractivity contribution in [2.24, 2.45) is 0 Å². The number of nitrogens with zero attached hydrogens (tertiary/aromatic N) is 3. The van der Waals surface area contributed by atoms with Crippen molar-refractivity contribution in [3.8, 4) is 0 Å². The maximum Gasteiger partial charge on any atom is 0.255 e. The predicted octanol–water partition coefficient (Wildman–Crippen LogP) is 0.439. The van der Waals surface area contributed by atoms with Gasteiger partial charge in [-0.05, 0) is 6.92 Å². The van der Waals surface area contributed by atoms with Crippen LogP contribution in [0.25, 0.3) is 0 Å². The number of alkyl halides is 2. The molecule has 1 rings (SSSR count). The van der Waals surface area contributed by atoms with E-state index in [-0.39, 0.29) is 11.9 Å². The second kappa shape index (κ2) is 3.92. The first-order valence-electron chi connectivity index (χ1n) is 3.58. The summed E-state index contributed by atoms with van der Waals surface area (Å²) in [6, 6.07) is 0. The van der Waals surface area contributed by atoms with E-state index in [1.54, 1.807) is 6.92 Å². The van der Waals surface area contributed by atoms with Crippen molar-refractivity contribution in [2.75, 3.05) is 17.6 Å². The fraction of sp³-hybridized carbons (Fsp3) is 0.500. The Labute approximate surface area is 73.4 Å². The molecule has 0 amide bonds. The first-order chi connectivity index (χ1) is 6.08. The van der Waals surface area contributed by atoms with E-state index in [1.165, 1.54) is 0 Å². The highest BCUT2D eigenvalue weighted by Crippen LogP contribution is 2.02. The monoisotopic (exact) mass is 189 g/mol. The van der Waals surface area contributed by atoms with Crippen molar-refractivity contribution in [2.45, 2.75) is 13.3 Å². The van der Waals surface area contributed by atoms with Crippen molar-refractivity contribution in [3.63, 3.8) is 0 Å². The van der Waals surface area contributed by atoms with Gasteiger partial charge >= 0.3 is 0 Å². The molecule has 1 aromatic rings. The van der Waals surface area contributed by atoms with Crippen LogP contribution in [-0.4, -0.2) is 27.9 Å². The molecule has 0 unspecified atom stereocenters. The molecule has 1 aromatic heterocycles. The number of anilines is 2. The molecule has 0 aliphatic carbocycles. The molecule has 0 aromatic carbocycles. The molecule has 0 spiro atoms. The lowest BCUT2D eigenvalue weighted by Gasteiger charge is -2.04. The lowest BCUT2D eigenvalue weighted by molar-refractivity contribution is 0.163. The van der Waals surface area contributed by atoms with Gasteiger partial charge in [-0.3, -0.25) is 0 Å². The highest BCUT2D eigenvalue weighted by molar-refractivity contribution is 5.30. The maximum absolute atomic E-state index is 11.8. The van der Waals surface area contributed by atoms with Crippen LogP contribution in [0.1, 0.15) is 5.82 Å². The Morgan fingerprint density at radius 2 is 2.08 bits per heavy atom. The zero-order valence-corrected chi connectivity index (χ0v) is 6.96. The summed E-state index contributed by atoms with van der Waals surface area (Å²) in [4.78, 5) is 11.1. The fourth-order valence-electron chi connectivity index (χ4n) is 0.750. The summed E-state index contributed by atoms with van der Waals surface area (Å²) < 4.78 is 23.5. The maximum atomic E-state index is 11.8. The van der Waals surface area contributed by atoms with Gasteiger partial charge in [0.15, 0.2) is 0 Å². The molecule has 0 atom stereocenters. The SMILES string of the molecule is Cc1nc(N)nc(NCC(F)F)n1. The zero-order valence-electron chi connectivity index (χ0n) is 6.96. The molecule has 5 nitrogen and oxygen atoms in total. The van der Waals surface area contributed by atoms with Crippen LogP contribution in [0.4, 0.5) is 20.7 Å². The van der Waals surface area contributed by atoms with Crippen LogP contribution in [0, 0.1) is 6.92 Å². The van der Waals surface area contributed by atoms with Crippen LogP contribution in [0.3, 0.4) is 0 Å². The number of aryl methyl sites for hydroxylation is 1. The number of nitrogens with one attached hydrogen (secondary N) is 1. The zero-order chi connectivity index (χ0) is 9.84. The highest BCUT2D eigenvalue weighted by atomic mass is 19.3. The van der Waals surface area contributed by atoms with Gasteiger partial charge in [0.1, 0.15) is 5.82 Å². The van der Waals surface area contributed by atoms with E-state index in [2.05, 4.69) is 20.3 Å². The van der Waals surface area contributed by atoms with E-state index in [9.17, 15) is 8.78 Å². The minimum absolute atomic E-state index is 0.0178. The van der Waals surface area contributed by atoms with E-state index >= 15 is 0 Å². The third kappa shape index (κ3) is 3.14. The van der Waals surface area contributed by atoms with Gasteiger partial charge in [-0.2, -0.15) is 15.0 Å². The van der Waals surface area contributed by atoms with Gasteiger partial charge in [0.2, 0.25) is 11.9 Å². The minimum atomic E-state index is -2.45. The normalized spacial score (nSPS) is 10.5. The summed E-state index contributed by atoms with van der Waals surface area (Å²) in [5, 5.41) is 2.33. The second-order valence-corrected chi connectivity index (χ2v) is 2.34. The summed E-state index contributed by atoms with van der Waals surface area (Å²) in [5.41, 5.74) is 5.28. The molecule has 0 bridgehead atoms. The summed E-state index contributed by atoms with van der Waals surface area (Å²) >= 11 is 0. The number of hydrogen-bond acceptors (Lipinski definition) is 5. The molecule has 0 aliphatic heterocycles. The van der Waals surface area contributed by atoms with Crippen molar-refractivity contribution in [1.82, 2.24) is 15.0 Å². The van der Waals surface area contributed by atoms with Gasteiger partial charge in [0, 0.05) is 0 Å². The molecule has 3 N–H and O–H groups in total. The predicted molar refractivity (Wildman–Crippen MR) is 43.5 cm³/mol. The molecule has 0 fully saturated rings. The van der Waals surface area contributed by atoms with Gasteiger partial charge in [-0.1, -0.05) is 0 Å². The Balaban J connectivity index is 2.66. The Kier molecular flexibility index (Phi) is 2.88. The average Bonchev–Trinajstić information content (AvgIpc) is 1.99. The van der Waals surface area contributed by atoms with Crippen LogP contribution in [0.5, 0.6) is 0 Å². The Hall–Kier alpha value is -1.53. The summed E-state index contributed by atoms with van der Waals surface area (Å²) in [7, 11) is 0. The third-order valence-electron chi connectivity index (χ3n) is 1.18. The van der Waals surface area contributed by atoms with Gasteiger partial charge < -0.3 is 11.1 Å². The number of aromatic nitrogens is 3. The Bertz CT molecular complexity index is 270. The Morgan fingerprint density at radius 3 is 2.62 bits per heavy atom. The molecule has 0 saturated carbocycles. The molecule has 13 heavy (non-hydrogen) atoms. The first-order valence-corrected chi connectivity index (χ1v) is 3.58. The van der Waals surface area contributed by atoms with Gasteiger partial charge in [-0.15, -0.1) is 0 Å². The topological polar surface area (TPSA) is 76.7 Å². The Morgan fingerprint density at radius 1 is 1.38 bits per heavy atom. The molecular formula is C6H9F2N5. The van der Waals surface area contributed by atoms with E-state index in [0.717, 1.165) is 0 Å². The fourth-order valence-corrected chi connectivity index (χ4v) is 0.750. The van der Waals surface area contributed by atoms with Crippen LogP contribution in [0.2, 0.25) is 0 Å². The minimum Gasteiger partial charge on any atom is -0.368 e. The van der Waals surface area contributed by atoms with Crippen LogP contribution < -0.4 is 11.1 Å². The molecule has 1 heterocycles. The smallest absolute Gasteiger partial charge is 0.255 e. The molecular weight excluding hydrogens is 180 g/mol. The van der Waals surface area contributed by atoms with Gasteiger partial charge in [-0.25, -0.2) is 8.78 Å². The van der Waals surface area contributed by atoms with E-state index < -0.39 is 13.0 Å². The lowest BCUT2D eigenvalue weighted by Crippen LogP contribution is -2.14. The van der Waals surface area contributed by atoms with Crippen molar-refractivity contribution < 1.29 is 8.78 Å². The van der Waals surface area contributed by atoms with E-state index in [4.69, 9.17) is 5.73 Å². The molecule has 0 aliphatic rings. The largest absolute Gasteiger partial charge is 0.368 e. The third-order valence-corrected chi connectivity index (χ3v) is 1.18. The quantitative estimate of drug-likeness (QED) is 0.721. The van der Waals surface area contributed by atoms with Crippen molar-refractivity contribution in [3.05, 3.63) is 5.82 Å². The number of hydrogen-bond donors (Lipinski definition) is 2. The number of nitrogens with two attached hydrogens (primary N) is 1. The van der Waals surface area contributed by atoms with Crippen LogP contribution in [-0.2, 0) is 0 Å². The lowest BCUT2D eigenvalue weighted by atomic mass is 10.6. The highest BCUT2D eigenvalue weighted by Gasteiger charge is 2.04. The van der Waals surface area contributed by atoms with Crippen LogP contribution >= 0.6 is 0 Å². The average molecular weight is 189 g/mol. The summed E-state index contributed by atoms with van der Waals surface area (Å²) in [6.07, 6.45) is -2.45. The number of rotatable bonds is 3.